The summed E-state index contributed by atoms with van der Waals surface area (Å²) >= 11 is 0. The monoisotopic (exact) mass is 410 g/mol. The minimum atomic E-state index is -3.57. The lowest BCUT2D eigenvalue weighted by molar-refractivity contribution is -0.147. The van der Waals surface area contributed by atoms with E-state index < -0.39 is 15.9 Å². The van der Waals surface area contributed by atoms with Gasteiger partial charge in [-0.2, -0.15) is 4.31 Å². The molecule has 156 valence electrons. The highest BCUT2D eigenvalue weighted by molar-refractivity contribution is 7.89. The number of rotatable bonds is 9. The fraction of sp³-hybridized carbons (Fsp3) is 0.600. The second kappa shape index (κ2) is 10.0. The van der Waals surface area contributed by atoms with Crippen molar-refractivity contribution in [2.75, 3.05) is 19.0 Å². The summed E-state index contributed by atoms with van der Waals surface area (Å²) in [6, 6.07) is 5.75. The number of anilines is 1. The van der Waals surface area contributed by atoms with Gasteiger partial charge >= 0.3 is 5.97 Å². The number of hydrogen-bond donors (Lipinski definition) is 1. The minimum Gasteiger partial charge on any atom is -0.456 e. The van der Waals surface area contributed by atoms with Crippen LogP contribution in [0.25, 0.3) is 0 Å². The van der Waals surface area contributed by atoms with Gasteiger partial charge in [0.1, 0.15) is 0 Å². The van der Waals surface area contributed by atoms with E-state index >= 15 is 0 Å². The molecule has 2 rings (SSSR count). The highest BCUT2D eigenvalue weighted by atomic mass is 32.2. The largest absolute Gasteiger partial charge is 0.456 e. The van der Waals surface area contributed by atoms with Crippen molar-refractivity contribution in [2.24, 2.45) is 5.92 Å². The number of carbonyl (C=O) groups is 2. The molecule has 0 saturated heterocycles. The first kappa shape index (κ1) is 22.4. The van der Waals surface area contributed by atoms with E-state index in [1.165, 1.54) is 61.3 Å². The SMILES string of the molecule is CC(C)N(C)S(=O)(=O)c1ccc(NC(=O)COC(=O)CCC2CCCC2)cc1. The molecule has 0 atom stereocenters. The van der Waals surface area contributed by atoms with Crippen molar-refractivity contribution in [3.63, 3.8) is 0 Å². The topological polar surface area (TPSA) is 92.8 Å². The zero-order valence-corrected chi connectivity index (χ0v) is 17.6. The third-order valence-electron chi connectivity index (χ3n) is 5.14. The van der Waals surface area contributed by atoms with Crippen molar-refractivity contribution in [1.82, 2.24) is 4.31 Å². The lowest BCUT2D eigenvalue weighted by atomic mass is 10.0. The molecule has 0 bridgehead atoms. The van der Waals surface area contributed by atoms with Crippen LogP contribution in [0, 0.1) is 5.92 Å². The summed E-state index contributed by atoms with van der Waals surface area (Å²) < 4.78 is 31.1. The van der Waals surface area contributed by atoms with E-state index in [9.17, 15) is 18.0 Å². The Morgan fingerprint density at radius 2 is 1.79 bits per heavy atom. The van der Waals surface area contributed by atoms with Crippen LogP contribution in [0.2, 0.25) is 0 Å². The number of carbonyl (C=O) groups excluding carboxylic acids is 2. The molecule has 1 aromatic rings. The average Bonchev–Trinajstić information content (AvgIpc) is 3.18. The van der Waals surface area contributed by atoms with Gasteiger partial charge in [-0.05, 0) is 50.5 Å². The van der Waals surface area contributed by atoms with Gasteiger partial charge in [0.2, 0.25) is 10.0 Å². The molecule has 1 N–H and O–H groups in total. The first-order chi connectivity index (χ1) is 13.2. The lowest BCUT2D eigenvalue weighted by Crippen LogP contribution is -2.33. The molecule has 0 heterocycles. The van der Waals surface area contributed by atoms with Crippen LogP contribution in [0.5, 0.6) is 0 Å². The minimum absolute atomic E-state index is 0.153. The number of benzene rings is 1. The molecule has 1 fully saturated rings. The molecule has 1 saturated carbocycles. The second-order valence-electron chi connectivity index (χ2n) is 7.54. The van der Waals surface area contributed by atoms with Gasteiger partial charge in [0, 0.05) is 25.2 Å². The van der Waals surface area contributed by atoms with Crippen molar-refractivity contribution in [3.8, 4) is 0 Å². The second-order valence-corrected chi connectivity index (χ2v) is 9.53. The van der Waals surface area contributed by atoms with Crippen LogP contribution < -0.4 is 5.32 Å². The number of sulfonamides is 1. The number of esters is 1. The van der Waals surface area contributed by atoms with E-state index in [4.69, 9.17) is 4.74 Å². The maximum Gasteiger partial charge on any atom is 0.306 e. The van der Waals surface area contributed by atoms with Gasteiger partial charge in [0.05, 0.1) is 4.90 Å². The fourth-order valence-electron chi connectivity index (χ4n) is 3.19. The Morgan fingerprint density at radius 3 is 2.36 bits per heavy atom. The van der Waals surface area contributed by atoms with E-state index in [1.807, 2.05) is 0 Å². The third-order valence-corrected chi connectivity index (χ3v) is 7.19. The van der Waals surface area contributed by atoms with Crippen LogP contribution in [-0.4, -0.2) is 44.3 Å². The molecule has 1 amide bonds. The highest BCUT2D eigenvalue weighted by Gasteiger charge is 2.23. The van der Waals surface area contributed by atoms with Gasteiger partial charge in [-0.25, -0.2) is 8.42 Å². The molecular formula is C20H30N2O5S. The van der Waals surface area contributed by atoms with Crippen molar-refractivity contribution in [2.45, 2.75) is 63.3 Å². The Balaban J connectivity index is 1.79. The summed E-state index contributed by atoms with van der Waals surface area (Å²) in [7, 11) is -2.04. The van der Waals surface area contributed by atoms with Gasteiger partial charge in [-0.1, -0.05) is 25.7 Å². The average molecular weight is 411 g/mol. The van der Waals surface area contributed by atoms with E-state index in [0.717, 1.165) is 6.42 Å². The maximum atomic E-state index is 12.4. The van der Waals surface area contributed by atoms with Crippen molar-refractivity contribution in [1.29, 1.82) is 0 Å². The maximum absolute atomic E-state index is 12.4. The lowest BCUT2D eigenvalue weighted by Gasteiger charge is -2.21. The highest BCUT2D eigenvalue weighted by Crippen LogP contribution is 2.28. The van der Waals surface area contributed by atoms with E-state index in [2.05, 4.69) is 5.32 Å². The number of ether oxygens (including phenoxy) is 1. The smallest absolute Gasteiger partial charge is 0.306 e. The predicted octanol–water partition coefficient (Wildman–Crippen LogP) is 3.17. The van der Waals surface area contributed by atoms with Gasteiger partial charge in [0.15, 0.2) is 6.61 Å². The summed E-state index contributed by atoms with van der Waals surface area (Å²) in [5.74, 6) is -0.213. The molecule has 0 aliphatic heterocycles. The Labute approximate surface area is 167 Å². The molecule has 0 aromatic heterocycles. The molecular weight excluding hydrogens is 380 g/mol. The fourth-order valence-corrected chi connectivity index (χ4v) is 4.56. The van der Waals surface area contributed by atoms with Crippen LogP contribution in [0.15, 0.2) is 29.2 Å². The molecule has 1 aliphatic carbocycles. The van der Waals surface area contributed by atoms with E-state index in [0.29, 0.717) is 18.0 Å². The van der Waals surface area contributed by atoms with Crippen LogP contribution in [0.1, 0.15) is 52.4 Å². The predicted molar refractivity (Wildman–Crippen MR) is 107 cm³/mol. The van der Waals surface area contributed by atoms with Crippen molar-refractivity contribution >= 4 is 27.6 Å². The molecule has 28 heavy (non-hydrogen) atoms. The van der Waals surface area contributed by atoms with Gasteiger partial charge in [-0.15, -0.1) is 0 Å². The summed E-state index contributed by atoms with van der Waals surface area (Å²) in [6.45, 7) is 3.24. The number of hydrogen-bond acceptors (Lipinski definition) is 5. The molecule has 1 aliphatic rings. The third kappa shape index (κ3) is 6.31. The van der Waals surface area contributed by atoms with E-state index in [-0.39, 0.29) is 23.5 Å². The summed E-state index contributed by atoms with van der Waals surface area (Å²) in [4.78, 5) is 23.9. The van der Waals surface area contributed by atoms with Crippen LogP contribution >= 0.6 is 0 Å². The van der Waals surface area contributed by atoms with Crippen LogP contribution in [0.3, 0.4) is 0 Å². The molecule has 0 radical (unpaired) electrons. The Hall–Kier alpha value is -1.93. The summed E-state index contributed by atoms with van der Waals surface area (Å²) in [5, 5.41) is 2.60. The molecule has 0 spiro atoms. The van der Waals surface area contributed by atoms with Gasteiger partial charge in [-0.3, -0.25) is 9.59 Å². The molecule has 8 heteroatoms. The standard InChI is InChI=1S/C20H30N2O5S/c1-15(2)22(3)28(25,26)18-11-9-17(10-12-18)21-19(23)14-27-20(24)13-8-16-6-4-5-7-16/h9-12,15-16H,4-8,13-14H2,1-3H3,(H,21,23). The molecule has 1 aromatic carbocycles. The Kier molecular flexibility index (Phi) is 8.00. The number of nitrogens with zero attached hydrogens (tertiary/aromatic N) is 1. The number of amides is 1. The first-order valence-electron chi connectivity index (χ1n) is 9.73. The van der Waals surface area contributed by atoms with Crippen molar-refractivity contribution < 1.29 is 22.7 Å². The molecule has 0 unspecified atom stereocenters. The zero-order chi connectivity index (χ0) is 20.7. The first-order valence-corrected chi connectivity index (χ1v) is 11.2. The van der Waals surface area contributed by atoms with Crippen molar-refractivity contribution in [3.05, 3.63) is 24.3 Å². The molecule has 7 nitrogen and oxygen atoms in total. The Morgan fingerprint density at radius 1 is 1.18 bits per heavy atom. The number of nitrogens with one attached hydrogen (secondary N) is 1. The van der Waals surface area contributed by atoms with Gasteiger partial charge < -0.3 is 10.1 Å². The van der Waals surface area contributed by atoms with E-state index in [1.54, 1.807) is 13.8 Å². The van der Waals surface area contributed by atoms with Gasteiger partial charge in [0.25, 0.3) is 5.91 Å². The zero-order valence-electron chi connectivity index (χ0n) is 16.8. The quantitative estimate of drug-likeness (QED) is 0.631. The Bertz CT molecular complexity index is 768. The summed E-state index contributed by atoms with van der Waals surface area (Å²) in [6.07, 6.45) is 5.97. The van der Waals surface area contributed by atoms with Crippen LogP contribution in [-0.2, 0) is 24.3 Å². The summed E-state index contributed by atoms with van der Waals surface area (Å²) in [5.41, 5.74) is 0.443. The normalized spacial score (nSPS) is 15.2. The van der Waals surface area contributed by atoms with Crippen LogP contribution in [0.4, 0.5) is 5.69 Å².